The van der Waals surface area contributed by atoms with Crippen LogP contribution in [0.5, 0.6) is 0 Å². The molecule has 0 spiro atoms. The van der Waals surface area contributed by atoms with Crippen molar-refractivity contribution >= 4 is 60.8 Å². The molecule has 0 heterocycles. The Morgan fingerprint density at radius 3 is 1.91 bits per heavy atom. The molecule has 0 saturated heterocycles. The minimum atomic E-state index is -1.68. The topological polar surface area (TPSA) is 237 Å². The van der Waals surface area contributed by atoms with E-state index in [1.807, 2.05) is 0 Å². The zero-order valence-electron chi connectivity index (χ0n) is 17.0. The van der Waals surface area contributed by atoms with Gasteiger partial charge >= 0.3 is 11.9 Å². The minimum Gasteiger partial charge on any atom is -0.481 e. The first-order chi connectivity index (χ1) is 14.8. The number of rotatable bonds is 14. The van der Waals surface area contributed by atoms with Gasteiger partial charge in [0, 0.05) is 11.5 Å². The van der Waals surface area contributed by atoms with Gasteiger partial charge in [0.15, 0.2) is 0 Å². The van der Waals surface area contributed by atoms with Crippen LogP contribution in [0.25, 0.3) is 0 Å². The molecule has 0 aromatic heterocycles. The van der Waals surface area contributed by atoms with E-state index in [0.29, 0.717) is 0 Å². The second-order valence-electron chi connectivity index (χ2n) is 6.53. The Bertz CT molecular complexity index is 722. The largest absolute Gasteiger partial charge is 0.481 e. The van der Waals surface area contributed by atoms with Gasteiger partial charge in [-0.15, -0.1) is 0 Å². The molecule has 0 unspecified atom stereocenters. The molecule has 0 rings (SSSR count). The van der Waals surface area contributed by atoms with Gasteiger partial charge in [0.05, 0.1) is 25.1 Å². The van der Waals surface area contributed by atoms with Crippen LogP contribution >= 0.6 is 25.3 Å². The average Bonchev–Trinajstić information content (AvgIpc) is 2.71. The summed E-state index contributed by atoms with van der Waals surface area (Å²) in [7, 11) is 0. The van der Waals surface area contributed by atoms with Gasteiger partial charge < -0.3 is 42.3 Å². The first-order valence-electron chi connectivity index (χ1n) is 9.11. The summed E-state index contributed by atoms with van der Waals surface area (Å²) in [5.74, 6) is -6.97. The van der Waals surface area contributed by atoms with Crippen molar-refractivity contribution in [2.24, 2.45) is 5.73 Å². The molecule has 0 radical (unpaired) electrons. The molecule has 0 aromatic carbocycles. The summed E-state index contributed by atoms with van der Waals surface area (Å²) < 4.78 is 0. The highest BCUT2D eigenvalue weighted by atomic mass is 32.1. The van der Waals surface area contributed by atoms with E-state index in [0.717, 1.165) is 6.92 Å². The number of carbonyl (C=O) groups excluding carboxylic acids is 4. The number of nitrogens with one attached hydrogen (secondary N) is 4. The quantitative estimate of drug-likeness (QED) is 0.104. The fourth-order valence-corrected chi connectivity index (χ4v) is 2.53. The first-order valence-corrected chi connectivity index (χ1v) is 10.4. The number of carbonyl (C=O) groups is 6. The second-order valence-corrected chi connectivity index (χ2v) is 7.26. The zero-order valence-corrected chi connectivity index (χ0v) is 18.8. The van der Waals surface area contributed by atoms with Gasteiger partial charge in [-0.05, 0) is 6.92 Å². The maximum atomic E-state index is 12.5. The van der Waals surface area contributed by atoms with Crippen molar-refractivity contribution in [2.45, 2.75) is 43.6 Å². The van der Waals surface area contributed by atoms with Crippen molar-refractivity contribution in [3.05, 3.63) is 0 Å². The standard InChI is InChI=1S/C16H27N5O9S2/c1-6(22)12(15(28)20-9(5-32)16(29)30)21-14(27)8(2-11(24)25)19-10(23)3-18-13(26)7(17)4-31/h6-9,12,22,31-32H,2-5,17H2,1H3,(H,18,26)(H,19,23)(H,20,28)(H,21,27)(H,24,25)(H,29,30)/t6-,7+,8+,9+,12+/m1/s1. The van der Waals surface area contributed by atoms with E-state index in [4.69, 9.17) is 15.9 Å². The smallest absolute Gasteiger partial charge is 0.327 e. The van der Waals surface area contributed by atoms with Gasteiger partial charge in [-0.3, -0.25) is 24.0 Å². The Labute approximate surface area is 193 Å². The number of carboxylic acid groups (broad SMARTS) is 2. The lowest BCUT2D eigenvalue weighted by Gasteiger charge is -2.25. The van der Waals surface area contributed by atoms with Crippen molar-refractivity contribution in [2.75, 3.05) is 18.1 Å². The van der Waals surface area contributed by atoms with Crippen molar-refractivity contribution in [3.63, 3.8) is 0 Å². The molecule has 0 bridgehead atoms. The van der Waals surface area contributed by atoms with Crippen LogP contribution in [0.15, 0.2) is 0 Å². The molecule has 32 heavy (non-hydrogen) atoms. The highest BCUT2D eigenvalue weighted by Gasteiger charge is 2.32. The predicted molar refractivity (Wildman–Crippen MR) is 116 cm³/mol. The molecule has 0 aromatic rings. The Morgan fingerprint density at radius 1 is 0.875 bits per heavy atom. The van der Waals surface area contributed by atoms with E-state index < -0.39 is 78.8 Å². The van der Waals surface area contributed by atoms with Crippen LogP contribution in [0.2, 0.25) is 0 Å². The third-order valence-electron chi connectivity index (χ3n) is 3.85. The Morgan fingerprint density at radius 2 is 1.47 bits per heavy atom. The van der Waals surface area contributed by atoms with Crippen molar-refractivity contribution in [1.29, 1.82) is 0 Å². The number of carboxylic acids is 2. The van der Waals surface area contributed by atoms with Crippen LogP contribution in [0.4, 0.5) is 0 Å². The van der Waals surface area contributed by atoms with Crippen molar-refractivity contribution in [3.8, 4) is 0 Å². The number of hydrogen-bond donors (Lipinski definition) is 10. The van der Waals surface area contributed by atoms with Crippen LogP contribution in [-0.2, 0) is 28.8 Å². The summed E-state index contributed by atoms with van der Waals surface area (Å²) >= 11 is 7.61. The maximum Gasteiger partial charge on any atom is 0.327 e. The average molecular weight is 498 g/mol. The number of thiol groups is 2. The molecule has 0 fully saturated rings. The third-order valence-corrected chi connectivity index (χ3v) is 4.61. The van der Waals surface area contributed by atoms with Crippen LogP contribution in [-0.4, -0.2) is 99.2 Å². The number of aliphatic hydroxyl groups excluding tert-OH is 1. The highest BCUT2D eigenvalue weighted by Crippen LogP contribution is 2.00. The van der Waals surface area contributed by atoms with Crippen LogP contribution < -0.4 is 27.0 Å². The van der Waals surface area contributed by atoms with Gasteiger partial charge in [0.25, 0.3) is 0 Å². The number of amides is 4. The molecule has 14 nitrogen and oxygen atoms in total. The van der Waals surface area contributed by atoms with Crippen LogP contribution in [0.3, 0.4) is 0 Å². The Kier molecular flexibility index (Phi) is 13.3. The van der Waals surface area contributed by atoms with E-state index in [9.17, 15) is 33.9 Å². The summed E-state index contributed by atoms with van der Waals surface area (Å²) in [5, 5.41) is 36.2. The van der Waals surface area contributed by atoms with Crippen molar-refractivity contribution < 1.29 is 44.1 Å². The van der Waals surface area contributed by atoms with E-state index >= 15 is 0 Å². The van der Waals surface area contributed by atoms with Gasteiger partial charge in [0.1, 0.15) is 18.1 Å². The summed E-state index contributed by atoms with van der Waals surface area (Å²) in [4.78, 5) is 70.5. The third kappa shape index (κ3) is 10.7. The summed E-state index contributed by atoms with van der Waals surface area (Å²) in [6.45, 7) is 0.512. The molecule has 182 valence electrons. The molecule has 0 saturated carbocycles. The molecule has 16 heteroatoms. The molecule has 0 aliphatic carbocycles. The van der Waals surface area contributed by atoms with E-state index in [1.54, 1.807) is 0 Å². The SMILES string of the molecule is C[C@@H](O)[C@H](NC(=O)[C@H](CC(=O)O)NC(=O)CNC(=O)[C@@H](N)CS)C(=O)N[C@@H](CS)C(=O)O. The molecule has 4 amide bonds. The minimum absolute atomic E-state index is 0.0102. The van der Waals surface area contributed by atoms with Gasteiger partial charge in [0.2, 0.25) is 23.6 Å². The summed E-state index contributed by atoms with van der Waals surface area (Å²) in [6, 6.07) is -5.73. The van der Waals surface area contributed by atoms with E-state index in [2.05, 4.69) is 46.5 Å². The lowest BCUT2D eigenvalue weighted by molar-refractivity contribution is -0.143. The lowest BCUT2D eigenvalue weighted by atomic mass is 10.1. The van der Waals surface area contributed by atoms with Gasteiger partial charge in [-0.1, -0.05) is 0 Å². The number of hydrogen-bond acceptors (Lipinski definition) is 10. The summed E-state index contributed by atoms with van der Waals surface area (Å²) in [6.07, 6.45) is -2.39. The number of aliphatic hydroxyl groups is 1. The normalized spacial score (nSPS) is 15.3. The van der Waals surface area contributed by atoms with E-state index in [1.165, 1.54) is 0 Å². The van der Waals surface area contributed by atoms with Gasteiger partial charge in [-0.25, -0.2) is 4.79 Å². The molecule has 0 aliphatic rings. The first kappa shape index (κ1) is 29.4. The lowest BCUT2D eigenvalue weighted by Crippen LogP contribution is -2.60. The maximum absolute atomic E-state index is 12.5. The predicted octanol–water partition coefficient (Wildman–Crippen LogP) is -4.32. The van der Waals surface area contributed by atoms with Gasteiger partial charge in [-0.2, -0.15) is 25.3 Å². The van der Waals surface area contributed by atoms with Crippen LogP contribution in [0, 0.1) is 0 Å². The molecule has 9 N–H and O–H groups in total. The highest BCUT2D eigenvalue weighted by molar-refractivity contribution is 7.80. The fourth-order valence-electron chi connectivity index (χ4n) is 2.12. The zero-order chi connectivity index (χ0) is 25.0. The summed E-state index contributed by atoms with van der Waals surface area (Å²) in [5.41, 5.74) is 5.43. The Hall–Kier alpha value is -2.56. The van der Waals surface area contributed by atoms with E-state index in [-0.39, 0.29) is 11.5 Å². The monoisotopic (exact) mass is 497 g/mol. The molecule has 0 aliphatic heterocycles. The molecular weight excluding hydrogens is 470 g/mol. The molecular formula is C16H27N5O9S2. The second kappa shape index (κ2) is 14.5. The van der Waals surface area contributed by atoms with Crippen LogP contribution in [0.1, 0.15) is 13.3 Å². The number of nitrogens with two attached hydrogens (primary N) is 1. The fraction of sp³-hybridized carbons (Fsp3) is 0.625. The van der Waals surface area contributed by atoms with Crippen molar-refractivity contribution in [1.82, 2.24) is 21.3 Å². The number of aliphatic carboxylic acids is 2. The molecule has 5 atom stereocenters. The Balaban J connectivity index is 5.24.